The fourth-order valence-corrected chi connectivity index (χ4v) is 2.58. The lowest BCUT2D eigenvalue weighted by atomic mass is 10.1. The number of hydrogen-bond donors (Lipinski definition) is 2. The third kappa shape index (κ3) is 2.78. The number of aromatic nitrogens is 1. The van der Waals surface area contributed by atoms with Crippen LogP contribution >= 0.6 is 15.9 Å². The Kier molecular flexibility index (Phi) is 3.66. The van der Waals surface area contributed by atoms with Gasteiger partial charge < -0.3 is 15.8 Å². The topological polar surface area (TPSA) is 60.2 Å². The number of fused-ring (bicyclic) bond motifs is 1. The summed E-state index contributed by atoms with van der Waals surface area (Å²) in [5.74, 6) is 0.780. The normalized spacial score (nSPS) is 10.6. The number of nitrogens with one attached hydrogen (secondary N) is 1. The van der Waals surface area contributed by atoms with Crippen LogP contribution in [0.4, 0.5) is 17.1 Å². The van der Waals surface area contributed by atoms with Crippen molar-refractivity contribution in [2.75, 3.05) is 18.2 Å². The quantitative estimate of drug-likeness (QED) is 0.694. The summed E-state index contributed by atoms with van der Waals surface area (Å²) in [6.45, 7) is 0. The van der Waals surface area contributed by atoms with Crippen molar-refractivity contribution in [2.45, 2.75) is 0 Å². The van der Waals surface area contributed by atoms with Gasteiger partial charge in [-0.3, -0.25) is 4.98 Å². The van der Waals surface area contributed by atoms with E-state index in [0.717, 1.165) is 32.5 Å². The molecule has 3 rings (SSSR count). The molecule has 21 heavy (non-hydrogen) atoms. The molecule has 2 aromatic carbocycles. The van der Waals surface area contributed by atoms with Gasteiger partial charge in [0.25, 0.3) is 0 Å². The average molecular weight is 344 g/mol. The van der Waals surface area contributed by atoms with Gasteiger partial charge in [-0.15, -0.1) is 0 Å². The van der Waals surface area contributed by atoms with Crippen LogP contribution in [0.1, 0.15) is 0 Å². The molecule has 0 amide bonds. The molecular weight excluding hydrogens is 330 g/mol. The van der Waals surface area contributed by atoms with Gasteiger partial charge in [0, 0.05) is 34.7 Å². The van der Waals surface area contributed by atoms with E-state index in [1.807, 2.05) is 42.5 Å². The summed E-state index contributed by atoms with van der Waals surface area (Å²) >= 11 is 3.45. The summed E-state index contributed by atoms with van der Waals surface area (Å²) in [7, 11) is 1.65. The SMILES string of the molecule is COc1cc(Nc2ccnc3cc(N)ccc23)ccc1Br. The maximum atomic E-state index is 5.80. The van der Waals surface area contributed by atoms with Gasteiger partial charge in [0.2, 0.25) is 0 Å². The number of methoxy groups -OCH3 is 1. The molecule has 1 aromatic heterocycles. The maximum Gasteiger partial charge on any atom is 0.135 e. The third-order valence-electron chi connectivity index (χ3n) is 3.20. The molecule has 106 valence electrons. The first-order valence-corrected chi connectivity index (χ1v) is 7.21. The summed E-state index contributed by atoms with van der Waals surface area (Å²) < 4.78 is 6.23. The zero-order valence-corrected chi connectivity index (χ0v) is 13.0. The molecule has 0 fully saturated rings. The number of nitrogens with zero attached hydrogens (tertiary/aromatic N) is 1. The molecule has 0 radical (unpaired) electrons. The van der Waals surface area contributed by atoms with Crippen LogP contribution in [-0.4, -0.2) is 12.1 Å². The number of benzene rings is 2. The fourth-order valence-electron chi connectivity index (χ4n) is 2.17. The molecule has 0 spiro atoms. The summed E-state index contributed by atoms with van der Waals surface area (Å²) in [5, 5.41) is 4.41. The molecule has 0 saturated heterocycles. The summed E-state index contributed by atoms with van der Waals surface area (Å²) in [6.07, 6.45) is 1.76. The van der Waals surface area contributed by atoms with Crippen LogP contribution in [0.5, 0.6) is 5.75 Å². The highest BCUT2D eigenvalue weighted by molar-refractivity contribution is 9.10. The number of halogens is 1. The second-order valence-corrected chi connectivity index (χ2v) is 5.46. The number of nitrogen functional groups attached to an aromatic ring is 1. The van der Waals surface area contributed by atoms with Crippen LogP contribution in [0.15, 0.2) is 53.1 Å². The molecule has 0 unspecified atom stereocenters. The number of pyridine rings is 1. The van der Waals surface area contributed by atoms with E-state index in [1.165, 1.54) is 0 Å². The van der Waals surface area contributed by atoms with Crippen LogP contribution < -0.4 is 15.8 Å². The van der Waals surface area contributed by atoms with Crippen LogP contribution in [0.25, 0.3) is 10.9 Å². The minimum atomic E-state index is 0.706. The van der Waals surface area contributed by atoms with Crippen molar-refractivity contribution < 1.29 is 4.74 Å². The Hall–Kier alpha value is -2.27. The van der Waals surface area contributed by atoms with E-state index < -0.39 is 0 Å². The Bertz CT molecular complexity index is 805. The smallest absolute Gasteiger partial charge is 0.135 e. The predicted molar refractivity (Wildman–Crippen MR) is 90.1 cm³/mol. The average Bonchev–Trinajstić information content (AvgIpc) is 2.49. The molecule has 3 N–H and O–H groups in total. The molecule has 4 nitrogen and oxygen atoms in total. The predicted octanol–water partition coefficient (Wildman–Crippen LogP) is 4.33. The van der Waals surface area contributed by atoms with Crippen molar-refractivity contribution in [1.82, 2.24) is 4.98 Å². The molecule has 5 heteroatoms. The molecular formula is C16H14BrN3O. The van der Waals surface area contributed by atoms with E-state index in [1.54, 1.807) is 13.3 Å². The lowest BCUT2D eigenvalue weighted by molar-refractivity contribution is 0.412. The molecule has 0 bridgehead atoms. The number of rotatable bonds is 3. The highest BCUT2D eigenvalue weighted by Crippen LogP contribution is 2.31. The zero-order valence-electron chi connectivity index (χ0n) is 11.4. The Morgan fingerprint density at radius 2 is 2.00 bits per heavy atom. The van der Waals surface area contributed by atoms with Crippen molar-refractivity contribution in [3.8, 4) is 5.75 Å². The maximum absolute atomic E-state index is 5.80. The number of nitrogens with two attached hydrogens (primary N) is 1. The summed E-state index contributed by atoms with van der Waals surface area (Å²) in [5.41, 5.74) is 9.29. The number of hydrogen-bond acceptors (Lipinski definition) is 4. The lowest BCUT2D eigenvalue weighted by Crippen LogP contribution is -1.94. The van der Waals surface area contributed by atoms with Crippen LogP contribution in [0, 0.1) is 0 Å². The van der Waals surface area contributed by atoms with Crippen molar-refractivity contribution in [3.63, 3.8) is 0 Å². The lowest BCUT2D eigenvalue weighted by Gasteiger charge is -2.11. The van der Waals surface area contributed by atoms with E-state index in [2.05, 4.69) is 26.2 Å². The van der Waals surface area contributed by atoms with E-state index in [9.17, 15) is 0 Å². The Morgan fingerprint density at radius 1 is 1.14 bits per heavy atom. The zero-order chi connectivity index (χ0) is 14.8. The Balaban J connectivity index is 2.02. The molecule has 0 aliphatic rings. The van der Waals surface area contributed by atoms with Crippen molar-refractivity contribution in [3.05, 3.63) is 53.1 Å². The van der Waals surface area contributed by atoms with Crippen LogP contribution in [-0.2, 0) is 0 Å². The largest absolute Gasteiger partial charge is 0.495 e. The minimum absolute atomic E-state index is 0.706. The number of anilines is 3. The van der Waals surface area contributed by atoms with Gasteiger partial charge in [0.05, 0.1) is 17.1 Å². The molecule has 0 aliphatic heterocycles. The summed E-state index contributed by atoms with van der Waals surface area (Å²) in [6, 6.07) is 13.5. The first kappa shape index (κ1) is 13.7. The molecule has 0 aliphatic carbocycles. The van der Waals surface area contributed by atoms with E-state index in [-0.39, 0.29) is 0 Å². The minimum Gasteiger partial charge on any atom is -0.495 e. The molecule has 0 atom stereocenters. The summed E-state index contributed by atoms with van der Waals surface area (Å²) in [4.78, 5) is 4.34. The number of ether oxygens (including phenoxy) is 1. The van der Waals surface area contributed by atoms with Crippen LogP contribution in [0.3, 0.4) is 0 Å². The monoisotopic (exact) mass is 343 g/mol. The molecule has 0 saturated carbocycles. The van der Waals surface area contributed by atoms with Gasteiger partial charge in [-0.05, 0) is 52.3 Å². The van der Waals surface area contributed by atoms with Crippen molar-refractivity contribution in [1.29, 1.82) is 0 Å². The Morgan fingerprint density at radius 3 is 2.81 bits per heavy atom. The van der Waals surface area contributed by atoms with Crippen molar-refractivity contribution in [2.24, 2.45) is 0 Å². The second-order valence-electron chi connectivity index (χ2n) is 4.61. The van der Waals surface area contributed by atoms with E-state index >= 15 is 0 Å². The molecule has 3 aromatic rings. The van der Waals surface area contributed by atoms with Gasteiger partial charge in [-0.1, -0.05) is 0 Å². The van der Waals surface area contributed by atoms with Gasteiger partial charge in [0.1, 0.15) is 5.75 Å². The second kappa shape index (κ2) is 5.61. The van der Waals surface area contributed by atoms with Gasteiger partial charge >= 0.3 is 0 Å². The fraction of sp³-hybridized carbons (Fsp3) is 0.0625. The molecule has 1 heterocycles. The van der Waals surface area contributed by atoms with Gasteiger partial charge in [-0.2, -0.15) is 0 Å². The van der Waals surface area contributed by atoms with E-state index in [4.69, 9.17) is 10.5 Å². The standard InChI is InChI=1S/C16H14BrN3O/c1-21-16-9-11(3-5-13(16)17)20-14-6-7-19-15-8-10(18)2-4-12(14)15/h2-9H,18H2,1H3,(H,19,20). The van der Waals surface area contributed by atoms with Crippen LogP contribution in [0.2, 0.25) is 0 Å². The van der Waals surface area contributed by atoms with Gasteiger partial charge in [-0.25, -0.2) is 0 Å². The highest BCUT2D eigenvalue weighted by atomic mass is 79.9. The first-order chi connectivity index (χ1) is 10.2. The first-order valence-electron chi connectivity index (χ1n) is 6.42. The Labute approximate surface area is 131 Å². The third-order valence-corrected chi connectivity index (χ3v) is 3.85. The van der Waals surface area contributed by atoms with E-state index in [0.29, 0.717) is 5.69 Å². The highest BCUT2D eigenvalue weighted by Gasteiger charge is 2.05. The van der Waals surface area contributed by atoms with Gasteiger partial charge in [0.15, 0.2) is 0 Å². The van der Waals surface area contributed by atoms with Crippen molar-refractivity contribution >= 4 is 43.9 Å².